The van der Waals surface area contributed by atoms with Crippen LogP contribution in [0.4, 0.5) is 0 Å². The molecule has 11 heavy (non-hydrogen) atoms. The summed E-state index contributed by atoms with van der Waals surface area (Å²) in [7, 11) is 0. The molecule has 2 aromatic rings. The van der Waals surface area contributed by atoms with Crippen LogP contribution in [-0.4, -0.2) is 24.4 Å². The third-order valence-electron chi connectivity index (χ3n) is 1.82. The molecular weight excluding hydrogens is 235 g/mol. The van der Waals surface area contributed by atoms with Crippen molar-refractivity contribution >= 4 is 38.5 Å². The molecule has 0 aliphatic rings. The molecule has 0 saturated heterocycles. The molecule has 2 radical (unpaired) electrons. The van der Waals surface area contributed by atoms with Crippen molar-refractivity contribution in [2.24, 2.45) is 0 Å². The summed E-state index contributed by atoms with van der Waals surface area (Å²) in [6, 6.07) is 15.0. The first-order valence-electron chi connectivity index (χ1n) is 3.61. The normalized spacial score (nSPS) is 10.2. The minimum absolute atomic E-state index is 1.20. The van der Waals surface area contributed by atoms with E-state index in [4.69, 9.17) is 0 Å². The maximum absolute atomic E-state index is 2.20. The molecule has 0 aliphatic heterocycles. The third-order valence-corrected chi connectivity index (χ3v) is 3.26. The monoisotopic (exact) mass is 242 g/mol. The summed E-state index contributed by atoms with van der Waals surface area (Å²) in [5.74, 6) is 0. The second kappa shape index (κ2) is 2.90. The fourth-order valence-corrected chi connectivity index (χ4v) is 2.32. The number of fused-ring (bicyclic) bond motifs is 1. The Kier molecular flexibility index (Phi) is 1.91. The molecule has 0 heterocycles. The quantitative estimate of drug-likeness (QED) is 0.658. The van der Waals surface area contributed by atoms with E-state index in [1.54, 1.807) is 0 Å². The summed E-state index contributed by atoms with van der Waals surface area (Å²) in [5.41, 5.74) is 0. The molecule has 0 atom stereocenters. The van der Waals surface area contributed by atoms with Crippen molar-refractivity contribution in [3.63, 3.8) is 0 Å². The maximum atomic E-state index is 2.20. The van der Waals surface area contributed by atoms with Crippen LogP contribution in [0.3, 0.4) is 0 Å². The van der Waals surface area contributed by atoms with E-state index in [2.05, 4.69) is 42.5 Å². The van der Waals surface area contributed by atoms with Crippen molar-refractivity contribution in [3.8, 4) is 0 Å². The van der Waals surface area contributed by atoms with E-state index in [0.717, 1.165) is 0 Å². The van der Waals surface area contributed by atoms with Crippen LogP contribution >= 0.6 is 0 Å². The molecule has 0 bridgehead atoms. The summed E-state index contributed by atoms with van der Waals surface area (Å²) in [4.78, 5) is 0. The molecular formula is C10H7In. The van der Waals surface area contributed by atoms with Gasteiger partial charge in [0.05, 0.1) is 0 Å². The summed E-state index contributed by atoms with van der Waals surface area (Å²) >= 11 is 1.20. The van der Waals surface area contributed by atoms with Gasteiger partial charge in [-0.25, -0.2) is 0 Å². The van der Waals surface area contributed by atoms with Crippen LogP contribution in [0.1, 0.15) is 0 Å². The molecule has 0 aliphatic carbocycles. The first-order chi connectivity index (χ1) is 5.38. The molecule has 0 fully saturated rings. The summed E-state index contributed by atoms with van der Waals surface area (Å²) in [5, 5.41) is 2.77. The van der Waals surface area contributed by atoms with Gasteiger partial charge in [-0.15, -0.1) is 0 Å². The Balaban J connectivity index is 2.91. The van der Waals surface area contributed by atoms with Gasteiger partial charge in [-0.3, -0.25) is 0 Å². The number of rotatable bonds is 0. The minimum atomic E-state index is 1.20. The van der Waals surface area contributed by atoms with E-state index < -0.39 is 0 Å². The van der Waals surface area contributed by atoms with E-state index >= 15 is 0 Å². The average molecular weight is 242 g/mol. The molecule has 0 saturated carbocycles. The zero-order valence-electron chi connectivity index (χ0n) is 6.12. The predicted molar refractivity (Wildman–Crippen MR) is 49.3 cm³/mol. The predicted octanol–water partition coefficient (Wildman–Crippen LogP) is 1.63. The Labute approximate surface area is 80.8 Å². The second-order valence-electron chi connectivity index (χ2n) is 2.57. The van der Waals surface area contributed by atoms with E-state index in [-0.39, 0.29) is 0 Å². The molecule has 2 rings (SSSR count). The Bertz CT molecular complexity index is 374. The molecule has 1 heteroatoms. The fraction of sp³-hybridized carbons (Fsp3) is 0. The van der Waals surface area contributed by atoms with Crippen molar-refractivity contribution < 1.29 is 0 Å². The first kappa shape index (κ1) is 7.23. The van der Waals surface area contributed by atoms with Gasteiger partial charge in [-0.1, -0.05) is 0 Å². The standard InChI is InChI=1S/C10H7.In/c1-2-6-10-8-4-3-7-9(10)5-1;/h1-7H;. The first-order valence-corrected chi connectivity index (χ1v) is 5.26. The van der Waals surface area contributed by atoms with Crippen LogP contribution in [0, 0.1) is 0 Å². The van der Waals surface area contributed by atoms with Crippen LogP contribution in [-0.2, 0) is 0 Å². The van der Waals surface area contributed by atoms with E-state index in [0.29, 0.717) is 0 Å². The SMILES string of the molecule is [In][c]1cccc2ccccc12. The molecule has 0 N–H and O–H groups in total. The summed E-state index contributed by atoms with van der Waals surface area (Å²) < 4.78 is 1.48. The van der Waals surface area contributed by atoms with E-state index in [9.17, 15) is 0 Å². The van der Waals surface area contributed by atoms with Crippen molar-refractivity contribution in [2.75, 3.05) is 0 Å². The number of benzene rings is 2. The van der Waals surface area contributed by atoms with Crippen LogP contribution in [0.5, 0.6) is 0 Å². The van der Waals surface area contributed by atoms with Crippen LogP contribution < -0.4 is 3.32 Å². The van der Waals surface area contributed by atoms with Gasteiger partial charge < -0.3 is 0 Å². The summed E-state index contributed by atoms with van der Waals surface area (Å²) in [6.45, 7) is 0. The van der Waals surface area contributed by atoms with Gasteiger partial charge in [0.1, 0.15) is 0 Å². The van der Waals surface area contributed by atoms with E-state index in [1.165, 1.54) is 38.5 Å². The van der Waals surface area contributed by atoms with Gasteiger partial charge in [-0.2, -0.15) is 0 Å². The average Bonchev–Trinajstić information content (AvgIpc) is 2.06. The van der Waals surface area contributed by atoms with Crippen LogP contribution in [0.25, 0.3) is 10.8 Å². The molecule has 0 amide bonds. The Morgan fingerprint density at radius 1 is 0.818 bits per heavy atom. The van der Waals surface area contributed by atoms with Crippen LogP contribution in [0.2, 0.25) is 0 Å². The number of hydrogen-bond donors (Lipinski definition) is 0. The molecule has 0 unspecified atom stereocenters. The fourth-order valence-electron chi connectivity index (χ4n) is 1.25. The van der Waals surface area contributed by atoms with Gasteiger partial charge in [0.2, 0.25) is 0 Å². The second-order valence-corrected chi connectivity index (χ2v) is 4.34. The zero-order chi connectivity index (χ0) is 7.68. The molecule has 0 spiro atoms. The van der Waals surface area contributed by atoms with Gasteiger partial charge in [0.15, 0.2) is 0 Å². The van der Waals surface area contributed by atoms with Crippen LogP contribution in [0.15, 0.2) is 42.5 Å². The Morgan fingerprint density at radius 3 is 2.36 bits per heavy atom. The van der Waals surface area contributed by atoms with Crippen molar-refractivity contribution in [1.82, 2.24) is 0 Å². The molecule has 0 aromatic heterocycles. The van der Waals surface area contributed by atoms with E-state index in [1.807, 2.05) is 0 Å². The number of hydrogen-bond acceptors (Lipinski definition) is 0. The van der Waals surface area contributed by atoms with Crippen molar-refractivity contribution in [2.45, 2.75) is 0 Å². The van der Waals surface area contributed by atoms with Crippen molar-refractivity contribution in [3.05, 3.63) is 42.5 Å². The Hall–Kier alpha value is -0.430. The molecule has 2 aromatic carbocycles. The topological polar surface area (TPSA) is 0 Å². The van der Waals surface area contributed by atoms with Gasteiger partial charge >= 0.3 is 80.9 Å². The van der Waals surface area contributed by atoms with Gasteiger partial charge in [-0.05, 0) is 0 Å². The van der Waals surface area contributed by atoms with Gasteiger partial charge in [0, 0.05) is 0 Å². The Morgan fingerprint density at radius 2 is 1.55 bits per heavy atom. The zero-order valence-corrected chi connectivity index (χ0v) is 9.41. The molecule has 50 valence electrons. The third kappa shape index (κ3) is 1.30. The summed E-state index contributed by atoms with van der Waals surface area (Å²) in [6.07, 6.45) is 0. The van der Waals surface area contributed by atoms with Gasteiger partial charge in [0.25, 0.3) is 0 Å². The molecule has 0 nitrogen and oxygen atoms in total. The van der Waals surface area contributed by atoms with Crippen molar-refractivity contribution in [1.29, 1.82) is 0 Å².